The molecular weight excluding hydrogens is 434 g/mol. The van der Waals surface area contributed by atoms with Gasteiger partial charge in [0.05, 0.1) is 27.1 Å². The first-order valence-electron chi connectivity index (χ1n) is 7.91. The Morgan fingerprint density at radius 3 is 2.85 bits per heavy atom. The molecule has 0 aliphatic carbocycles. The number of amides is 1. The lowest BCUT2D eigenvalue weighted by atomic mass is 10.2. The number of ether oxygens (including phenoxy) is 1. The molecule has 0 unspecified atom stereocenters. The highest BCUT2D eigenvalue weighted by Gasteiger charge is 2.13. The van der Waals surface area contributed by atoms with Gasteiger partial charge in [-0.05, 0) is 58.7 Å². The molecule has 1 aromatic heterocycles. The molecule has 0 saturated heterocycles. The molecule has 2 aromatic carbocycles. The fourth-order valence-electron chi connectivity index (χ4n) is 2.35. The van der Waals surface area contributed by atoms with E-state index in [0.717, 1.165) is 20.5 Å². The maximum Gasteiger partial charge on any atom is 0.281 e. The van der Waals surface area contributed by atoms with Crippen molar-refractivity contribution < 1.29 is 14.5 Å². The van der Waals surface area contributed by atoms with Crippen LogP contribution in [-0.2, 0) is 0 Å². The summed E-state index contributed by atoms with van der Waals surface area (Å²) in [5, 5.41) is 15.5. The van der Waals surface area contributed by atoms with E-state index in [1.54, 1.807) is 12.1 Å². The van der Waals surface area contributed by atoms with Crippen molar-refractivity contribution in [2.75, 3.05) is 6.61 Å². The molecule has 7 nitrogen and oxygen atoms in total. The summed E-state index contributed by atoms with van der Waals surface area (Å²) < 4.78 is 7.04. The number of non-ortho nitro benzene ring substituents is 1. The lowest BCUT2D eigenvalue weighted by molar-refractivity contribution is -0.384. The summed E-state index contributed by atoms with van der Waals surface area (Å²) in [4.78, 5) is 23.1. The van der Waals surface area contributed by atoms with E-state index in [1.165, 1.54) is 29.7 Å². The second kappa shape index (κ2) is 8.28. The van der Waals surface area contributed by atoms with Crippen LogP contribution in [-0.4, -0.2) is 23.7 Å². The van der Waals surface area contributed by atoms with Gasteiger partial charge >= 0.3 is 0 Å². The zero-order valence-electron chi connectivity index (χ0n) is 14.1. The maximum absolute atomic E-state index is 12.3. The second-order valence-electron chi connectivity index (χ2n) is 5.41. The van der Waals surface area contributed by atoms with Gasteiger partial charge in [0.25, 0.3) is 11.6 Å². The number of hydrogen-bond acceptors (Lipinski definition) is 6. The number of fused-ring (bicyclic) bond motifs is 1. The van der Waals surface area contributed by atoms with E-state index >= 15 is 0 Å². The number of carbonyl (C=O) groups is 1. The van der Waals surface area contributed by atoms with Gasteiger partial charge in [0.1, 0.15) is 5.75 Å². The second-order valence-corrected chi connectivity index (χ2v) is 7.35. The third kappa shape index (κ3) is 4.50. The summed E-state index contributed by atoms with van der Waals surface area (Å²) in [6.07, 6.45) is 1.52. The SMILES string of the molecule is CCOc1ccc(C=NNC(=O)c2cc3cc([N+](=O)[O-])ccc3s2)cc1Br. The van der Waals surface area contributed by atoms with E-state index in [0.29, 0.717) is 16.9 Å². The molecule has 0 spiro atoms. The van der Waals surface area contributed by atoms with Crippen molar-refractivity contribution in [1.82, 2.24) is 5.43 Å². The molecule has 138 valence electrons. The first kappa shape index (κ1) is 19.0. The van der Waals surface area contributed by atoms with Gasteiger partial charge in [-0.25, -0.2) is 5.43 Å². The largest absolute Gasteiger partial charge is 0.493 e. The monoisotopic (exact) mass is 447 g/mol. The number of hydrogen-bond donors (Lipinski definition) is 1. The van der Waals surface area contributed by atoms with Crippen molar-refractivity contribution in [1.29, 1.82) is 0 Å². The fraction of sp³-hybridized carbons (Fsp3) is 0.111. The van der Waals surface area contributed by atoms with Crippen molar-refractivity contribution in [3.05, 3.63) is 67.5 Å². The number of carbonyl (C=O) groups excluding carboxylic acids is 1. The highest BCUT2D eigenvalue weighted by molar-refractivity contribution is 9.10. The van der Waals surface area contributed by atoms with Crippen LogP contribution in [0.4, 0.5) is 5.69 Å². The molecule has 0 aliphatic rings. The van der Waals surface area contributed by atoms with E-state index in [4.69, 9.17) is 4.74 Å². The zero-order chi connectivity index (χ0) is 19.4. The van der Waals surface area contributed by atoms with Crippen molar-refractivity contribution >= 4 is 55.2 Å². The van der Waals surface area contributed by atoms with Crippen LogP contribution >= 0.6 is 27.3 Å². The number of rotatable bonds is 6. The van der Waals surface area contributed by atoms with Crippen molar-refractivity contribution in [2.45, 2.75) is 6.92 Å². The van der Waals surface area contributed by atoms with Crippen LogP contribution in [0.25, 0.3) is 10.1 Å². The molecule has 0 atom stereocenters. The summed E-state index contributed by atoms with van der Waals surface area (Å²) in [5.74, 6) is 0.359. The van der Waals surface area contributed by atoms with Gasteiger partial charge in [-0.2, -0.15) is 5.10 Å². The topological polar surface area (TPSA) is 93.8 Å². The predicted molar refractivity (Wildman–Crippen MR) is 109 cm³/mol. The van der Waals surface area contributed by atoms with Gasteiger partial charge in [0.2, 0.25) is 0 Å². The summed E-state index contributed by atoms with van der Waals surface area (Å²) >= 11 is 4.67. The fourth-order valence-corrected chi connectivity index (χ4v) is 3.79. The highest BCUT2D eigenvalue weighted by Crippen LogP contribution is 2.29. The van der Waals surface area contributed by atoms with Gasteiger partial charge in [-0.15, -0.1) is 11.3 Å². The third-order valence-corrected chi connectivity index (χ3v) is 5.30. The molecular formula is C18H14BrN3O4S. The molecule has 0 radical (unpaired) electrons. The van der Waals surface area contributed by atoms with Crippen LogP contribution < -0.4 is 10.2 Å². The Labute approximate surface area is 166 Å². The summed E-state index contributed by atoms with van der Waals surface area (Å²) in [6, 6.07) is 11.6. The lowest BCUT2D eigenvalue weighted by Gasteiger charge is -2.05. The molecule has 0 saturated carbocycles. The molecule has 0 bridgehead atoms. The van der Waals surface area contributed by atoms with Gasteiger partial charge in [0, 0.05) is 22.2 Å². The van der Waals surface area contributed by atoms with Crippen LogP contribution in [0.2, 0.25) is 0 Å². The van der Waals surface area contributed by atoms with Crippen LogP contribution in [0.5, 0.6) is 5.75 Å². The number of hydrazone groups is 1. The smallest absolute Gasteiger partial charge is 0.281 e. The molecule has 3 rings (SSSR count). The van der Waals surface area contributed by atoms with E-state index in [-0.39, 0.29) is 11.6 Å². The average Bonchev–Trinajstić information content (AvgIpc) is 3.07. The average molecular weight is 448 g/mol. The highest BCUT2D eigenvalue weighted by atomic mass is 79.9. The Bertz CT molecular complexity index is 1050. The van der Waals surface area contributed by atoms with E-state index in [9.17, 15) is 14.9 Å². The molecule has 1 N–H and O–H groups in total. The van der Waals surface area contributed by atoms with Crippen molar-refractivity contribution in [3.63, 3.8) is 0 Å². The number of benzene rings is 2. The molecule has 0 fully saturated rings. The van der Waals surface area contributed by atoms with Crippen LogP contribution in [0, 0.1) is 10.1 Å². The van der Waals surface area contributed by atoms with Gasteiger partial charge in [-0.3, -0.25) is 14.9 Å². The van der Waals surface area contributed by atoms with E-state index in [2.05, 4.69) is 26.5 Å². The number of halogens is 1. The Balaban J connectivity index is 1.70. The minimum Gasteiger partial charge on any atom is -0.493 e. The Hall–Kier alpha value is -2.78. The van der Waals surface area contributed by atoms with E-state index in [1.807, 2.05) is 25.1 Å². The minimum atomic E-state index is -0.462. The van der Waals surface area contributed by atoms with Crippen molar-refractivity contribution in [3.8, 4) is 5.75 Å². The van der Waals surface area contributed by atoms with Crippen molar-refractivity contribution in [2.24, 2.45) is 5.10 Å². The lowest BCUT2D eigenvalue weighted by Crippen LogP contribution is -2.16. The van der Waals surface area contributed by atoms with Gasteiger partial charge in [-0.1, -0.05) is 0 Å². The van der Waals surface area contributed by atoms with E-state index < -0.39 is 4.92 Å². The number of nitro groups is 1. The van der Waals surface area contributed by atoms with Gasteiger partial charge in [0.15, 0.2) is 0 Å². The normalized spacial score (nSPS) is 11.0. The number of nitro benzene ring substituents is 1. The Morgan fingerprint density at radius 2 is 2.15 bits per heavy atom. The molecule has 1 heterocycles. The first-order valence-corrected chi connectivity index (χ1v) is 9.52. The molecule has 9 heteroatoms. The van der Waals surface area contributed by atoms with Crippen LogP contribution in [0.15, 0.2) is 52.0 Å². The molecule has 3 aromatic rings. The molecule has 1 amide bonds. The number of thiophene rings is 1. The predicted octanol–water partition coefficient (Wildman–Crippen LogP) is 4.73. The van der Waals surface area contributed by atoms with Gasteiger partial charge < -0.3 is 4.74 Å². The Kier molecular flexibility index (Phi) is 5.82. The standard InChI is InChI=1S/C18H14BrN3O4S/c1-2-26-15-5-3-11(7-14(15)19)10-20-21-18(23)17-9-12-8-13(22(24)25)4-6-16(12)27-17/h3-10H,2H2,1H3,(H,21,23). The Morgan fingerprint density at radius 1 is 1.33 bits per heavy atom. The number of nitrogens with zero attached hydrogens (tertiary/aromatic N) is 2. The zero-order valence-corrected chi connectivity index (χ0v) is 16.5. The van der Waals surface area contributed by atoms with Crippen LogP contribution in [0.3, 0.4) is 0 Å². The first-order chi connectivity index (χ1) is 13.0. The number of nitrogens with one attached hydrogen (secondary N) is 1. The third-order valence-electron chi connectivity index (χ3n) is 3.57. The quantitative estimate of drug-likeness (QED) is 0.335. The maximum atomic E-state index is 12.3. The summed E-state index contributed by atoms with van der Waals surface area (Å²) in [5.41, 5.74) is 3.25. The molecule has 27 heavy (non-hydrogen) atoms. The van der Waals surface area contributed by atoms with Crippen LogP contribution in [0.1, 0.15) is 22.2 Å². The summed E-state index contributed by atoms with van der Waals surface area (Å²) in [6.45, 7) is 2.48. The molecule has 0 aliphatic heterocycles. The summed E-state index contributed by atoms with van der Waals surface area (Å²) in [7, 11) is 0. The minimum absolute atomic E-state index is 0.00800.